The van der Waals surface area contributed by atoms with E-state index >= 15 is 0 Å². The Balaban J connectivity index is 1.63. The van der Waals surface area contributed by atoms with Gasteiger partial charge in [-0.1, -0.05) is 0 Å². The molecule has 1 saturated heterocycles. The first-order valence-electron chi connectivity index (χ1n) is 10.2. The zero-order valence-electron chi connectivity index (χ0n) is 17.9. The third-order valence-corrected chi connectivity index (χ3v) is 5.67. The summed E-state index contributed by atoms with van der Waals surface area (Å²) in [7, 11) is 1.58. The van der Waals surface area contributed by atoms with Crippen molar-refractivity contribution in [3.8, 4) is 17.2 Å². The van der Waals surface area contributed by atoms with E-state index in [0.717, 1.165) is 24.5 Å². The fraction of sp³-hybridized carbons (Fsp3) is 0.391. The van der Waals surface area contributed by atoms with Crippen molar-refractivity contribution >= 4 is 17.5 Å². The van der Waals surface area contributed by atoms with E-state index < -0.39 is 17.2 Å². The zero-order valence-corrected chi connectivity index (χ0v) is 17.9. The van der Waals surface area contributed by atoms with Crippen LogP contribution in [0.4, 0.5) is 10.1 Å². The monoisotopic (exact) mass is 427 g/mol. The van der Waals surface area contributed by atoms with Crippen molar-refractivity contribution in [2.24, 2.45) is 10.4 Å². The van der Waals surface area contributed by atoms with Crippen molar-refractivity contribution in [3.05, 3.63) is 47.8 Å². The molecular formula is C23H26FN3O4. The number of methoxy groups -OCH3 is 1. The van der Waals surface area contributed by atoms with Crippen LogP contribution in [0.3, 0.4) is 0 Å². The summed E-state index contributed by atoms with van der Waals surface area (Å²) in [6.07, 6.45) is 0. The average molecular weight is 427 g/mol. The number of aliphatic imine (C=N–C) groups is 1. The molecule has 2 aromatic carbocycles. The molecule has 1 N–H and O–H groups in total. The molecule has 0 spiro atoms. The quantitative estimate of drug-likeness (QED) is 0.801. The van der Waals surface area contributed by atoms with Crippen LogP contribution in [0.2, 0.25) is 0 Å². The predicted molar refractivity (Wildman–Crippen MR) is 115 cm³/mol. The third kappa shape index (κ3) is 4.34. The lowest BCUT2D eigenvalue weighted by Gasteiger charge is -2.39. The number of carboxylic acid groups (broad SMARTS) is 1. The van der Waals surface area contributed by atoms with Crippen LogP contribution in [-0.2, 0) is 4.79 Å². The summed E-state index contributed by atoms with van der Waals surface area (Å²) < 4.78 is 25.2. The fourth-order valence-electron chi connectivity index (χ4n) is 3.84. The summed E-state index contributed by atoms with van der Waals surface area (Å²) in [6, 6.07) is 9.83. The van der Waals surface area contributed by atoms with Crippen LogP contribution in [0.15, 0.2) is 41.4 Å². The van der Waals surface area contributed by atoms with Gasteiger partial charge in [-0.3, -0.25) is 9.69 Å². The molecule has 0 aliphatic carbocycles. The Morgan fingerprint density at radius 3 is 2.58 bits per heavy atom. The molecule has 2 aromatic rings. The molecule has 2 heterocycles. The molecule has 7 nitrogen and oxygen atoms in total. The highest BCUT2D eigenvalue weighted by Crippen LogP contribution is 2.40. The van der Waals surface area contributed by atoms with Gasteiger partial charge in [0.1, 0.15) is 28.8 Å². The third-order valence-electron chi connectivity index (χ3n) is 5.67. The van der Waals surface area contributed by atoms with Crippen LogP contribution in [0.1, 0.15) is 19.4 Å². The van der Waals surface area contributed by atoms with Gasteiger partial charge in [0.2, 0.25) is 0 Å². The number of hydrogen-bond donors (Lipinski definition) is 1. The number of aliphatic carboxylic acids is 1. The first kappa shape index (κ1) is 21.1. The van der Waals surface area contributed by atoms with E-state index in [0.29, 0.717) is 42.6 Å². The number of piperazine rings is 1. The van der Waals surface area contributed by atoms with Crippen LogP contribution in [0.25, 0.3) is 0 Å². The van der Waals surface area contributed by atoms with Gasteiger partial charge in [0.15, 0.2) is 5.75 Å². The maximum absolute atomic E-state index is 13.8. The number of fused-ring (bicyclic) bond motifs is 2. The highest BCUT2D eigenvalue weighted by atomic mass is 19.1. The number of halogens is 1. The Kier molecular flexibility index (Phi) is 5.58. The fourth-order valence-corrected chi connectivity index (χ4v) is 3.84. The Morgan fingerprint density at radius 2 is 1.90 bits per heavy atom. The van der Waals surface area contributed by atoms with E-state index in [4.69, 9.17) is 14.5 Å². The van der Waals surface area contributed by atoms with Crippen LogP contribution < -0.4 is 9.47 Å². The molecule has 0 aromatic heterocycles. The van der Waals surface area contributed by atoms with Gasteiger partial charge in [0, 0.05) is 44.9 Å². The molecule has 0 atom stereocenters. The van der Waals surface area contributed by atoms with Gasteiger partial charge in [0.05, 0.1) is 18.1 Å². The molecule has 31 heavy (non-hydrogen) atoms. The van der Waals surface area contributed by atoms with Crippen molar-refractivity contribution in [2.75, 3.05) is 39.8 Å². The van der Waals surface area contributed by atoms with E-state index in [1.165, 1.54) is 12.1 Å². The molecule has 2 aliphatic heterocycles. The molecule has 0 bridgehead atoms. The summed E-state index contributed by atoms with van der Waals surface area (Å²) >= 11 is 0. The van der Waals surface area contributed by atoms with E-state index in [9.17, 15) is 14.3 Å². The van der Waals surface area contributed by atoms with Gasteiger partial charge in [-0.15, -0.1) is 0 Å². The number of amidine groups is 1. The molecule has 2 aliphatic rings. The summed E-state index contributed by atoms with van der Waals surface area (Å²) in [5, 5.41) is 9.42. The molecule has 0 radical (unpaired) electrons. The normalized spacial score (nSPS) is 16.5. The number of nitrogens with zero attached hydrogens (tertiary/aromatic N) is 3. The van der Waals surface area contributed by atoms with E-state index in [1.807, 2.05) is 12.1 Å². The van der Waals surface area contributed by atoms with Gasteiger partial charge in [-0.25, -0.2) is 9.38 Å². The van der Waals surface area contributed by atoms with Crippen molar-refractivity contribution in [1.29, 1.82) is 0 Å². The van der Waals surface area contributed by atoms with Gasteiger partial charge in [0.25, 0.3) is 0 Å². The summed E-state index contributed by atoms with van der Waals surface area (Å²) in [4.78, 5) is 20.6. The van der Waals surface area contributed by atoms with E-state index in [1.54, 1.807) is 33.1 Å². The van der Waals surface area contributed by atoms with E-state index in [2.05, 4.69) is 9.80 Å². The molecular weight excluding hydrogens is 401 g/mol. The van der Waals surface area contributed by atoms with Crippen LogP contribution >= 0.6 is 0 Å². The molecule has 0 amide bonds. The Labute approximate surface area is 180 Å². The maximum atomic E-state index is 13.8. The zero-order chi connectivity index (χ0) is 22.2. The lowest BCUT2D eigenvalue weighted by atomic mass is 9.93. The van der Waals surface area contributed by atoms with Crippen molar-refractivity contribution in [3.63, 3.8) is 0 Å². The SMILES string of the molecule is COc1ccc2c(c1)Oc1cc(F)ccc1N=C2N1CCN(CC(C)(C)C(=O)O)CC1. The lowest BCUT2D eigenvalue weighted by Crippen LogP contribution is -2.52. The second-order valence-electron chi connectivity index (χ2n) is 8.46. The Bertz CT molecular complexity index is 1030. The minimum absolute atomic E-state index is 0.353. The average Bonchev–Trinajstić information content (AvgIpc) is 2.89. The number of rotatable bonds is 4. The van der Waals surface area contributed by atoms with E-state index in [-0.39, 0.29) is 0 Å². The minimum atomic E-state index is -0.804. The molecule has 4 rings (SSSR count). The number of carboxylic acids is 1. The molecule has 1 fully saturated rings. The van der Waals surface area contributed by atoms with Gasteiger partial charge < -0.3 is 19.5 Å². The topological polar surface area (TPSA) is 74.6 Å². The predicted octanol–water partition coefficient (Wildman–Crippen LogP) is 3.75. The van der Waals surface area contributed by atoms with Gasteiger partial charge in [-0.2, -0.15) is 0 Å². The first-order valence-corrected chi connectivity index (χ1v) is 10.2. The minimum Gasteiger partial charge on any atom is -0.497 e. The molecule has 0 saturated carbocycles. The second kappa shape index (κ2) is 8.19. The maximum Gasteiger partial charge on any atom is 0.310 e. The molecule has 8 heteroatoms. The Hall–Kier alpha value is -3.13. The van der Waals surface area contributed by atoms with Gasteiger partial charge in [-0.05, 0) is 38.1 Å². The lowest BCUT2D eigenvalue weighted by molar-refractivity contribution is -0.148. The number of ether oxygens (including phenoxy) is 2. The van der Waals surface area contributed by atoms with Crippen LogP contribution in [-0.4, -0.2) is 66.5 Å². The number of hydrogen-bond acceptors (Lipinski definition) is 6. The highest BCUT2D eigenvalue weighted by Gasteiger charge is 2.32. The van der Waals surface area contributed by atoms with Crippen molar-refractivity contribution in [2.45, 2.75) is 13.8 Å². The summed E-state index contributed by atoms with van der Waals surface area (Å²) in [5.41, 5.74) is 0.555. The first-order chi connectivity index (χ1) is 14.8. The van der Waals surface area contributed by atoms with Crippen molar-refractivity contribution in [1.82, 2.24) is 9.80 Å². The summed E-state index contributed by atoms with van der Waals surface area (Å²) in [6.45, 7) is 6.80. The van der Waals surface area contributed by atoms with Crippen LogP contribution in [0, 0.1) is 11.2 Å². The van der Waals surface area contributed by atoms with Crippen LogP contribution in [0.5, 0.6) is 17.2 Å². The smallest absolute Gasteiger partial charge is 0.310 e. The highest BCUT2D eigenvalue weighted by molar-refractivity contribution is 6.04. The van der Waals surface area contributed by atoms with Gasteiger partial charge >= 0.3 is 5.97 Å². The number of carbonyl (C=O) groups is 1. The second-order valence-corrected chi connectivity index (χ2v) is 8.46. The number of benzene rings is 2. The summed E-state index contributed by atoms with van der Waals surface area (Å²) in [5.74, 6) is 1.10. The standard InChI is InChI=1S/C23H26FN3O4/c1-23(2,22(28)29)14-26-8-10-27(11-9-26)21-17-6-5-16(30-3)13-19(17)31-20-12-15(24)4-7-18(20)25-21/h4-7,12-13H,8-11,14H2,1-3H3,(H,28,29). The molecule has 0 unspecified atom stereocenters. The largest absolute Gasteiger partial charge is 0.497 e. The Morgan fingerprint density at radius 1 is 1.16 bits per heavy atom. The van der Waals surface area contributed by atoms with Crippen molar-refractivity contribution < 1.29 is 23.8 Å². The molecule has 164 valence electrons.